The number of halogens is 1. The number of anilines is 1. The highest BCUT2D eigenvalue weighted by atomic mass is 35.5. The third kappa shape index (κ3) is 4.12. The van der Waals surface area contributed by atoms with Crippen molar-refractivity contribution in [2.45, 2.75) is 31.1 Å². The van der Waals surface area contributed by atoms with Gasteiger partial charge in [0.15, 0.2) is 5.82 Å². The van der Waals surface area contributed by atoms with E-state index in [1.54, 1.807) is 12.1 Å². The Bertz CT molecular complexity index is 1280. The second-order valence-electron chi connectivity index (χ2n) is 6.58. The van der Waals surface area contributed by atoms with E-state index in [1.807, 2.05) is 31.2 Å². The predicted octanol–water partition coefficient (Wildman–Crippen LogP) is 3.84. The molecule has 0 spiro atoms. The first kappa shape index (κ1) is 19.8. The van der Waals surface area contributed by atoms with Crippen LogP contribution in [0, 0.1) is 6.92 Å². The van der Waals surface area contributed by atoms with Crippen LogP contribution in [0.3, 0.4) is 0 Å². The minimum absolute atomic E-state index is 0.109. The number of nitrogens with two attached hydrogens (primary N) is 1. The van der Waals surface area contributed by atoms with Crippen molar-refractivity contribution < 1.29 is 8.42 Å². The molecule has 0 fully saturated rings. The predicted molar refractivity (Wildman–Crippen MR) is 115 cm³/mol. The molecule has 2 N–H and O–H groups in total. The van der Waals surface area contributed by atoms with Crippen LogP contribution in [0.25, 0.3) is 10.2 Å². The topological polar surface area (TPSA) is 104 Å². The third-order valence-electron chi connectivity index (χ3n) is 4.42. The monoisotopic (exact) mass is 447 g/mol. The molecule has 0 unspecified atom stereocenters. The molecule has 0 atom stereocenters. The van der Waals surface area contributed by atoms with Crippen molar-refractivity contribution in [2.24, 2.45) is 0 Å². The lowest BCUT2D eigenvalue weighted by atomic mass is 10.1. The molecular weight excluding hydrogens is 430 g/mol. The fourth-order valence-corrected chi connectivity index (χ4v) is 5.28. The number of benzene rings is 2. The zero-order valence-corrected chi connectivity index (χ0v) is 17.9. The first-order valence-electron chi connectivity index (χ1n) is 8.91. The second kappa shape index (κ2) is 7.74. The summed E-state index contributed by atoms with van der Waals surface area (Å²) in [6.07, 6.45) is 2.08. The number of nitrogen functional groups attached to an aromatic ring is 1. The first-order valence-corrected chi connectivity index (χ1v) is 11.5. The van der Waals surface area contributed by atoms with Crippen molar-refractivity contribution in [1.82, 2.24) is 19.2 Å². The summed E-state index contributed by atoms with van der Waals surface area (Å²) in [4.78, 5) is 8.59. The Balaban J connectivity index is 1.53. The molecule has 0 saturated carbocycles. The normalized spacial score (nSPS) is 11.9. The van der Waals surface area contributed by atoms with E-state index in [2.05, 4.69) is 15.1 Å². The van der Waals surface area contributed by atoms with Crippen molar-refractivity contribution in [1.29, 1.82) is 0 Å². The lowest BCUT2D eigenvalue weighted by molar-refractivity contribution is 0.580. The van der Waals surface area contributed by atoms with Crippen molar-refractivity contribution >= 4 is 49.1 Å². The Morgan fingerprint density at radius 2 is 1.86 bits per heavy atom. The number of aryl methyl sites for hydroxylation is 3. The summed E-state index contributed by atoms with van der Waals surface area (Å²) in [6.45, 7) is 1.88. The van der Waals surface area contributed by atoms with E-state index in [4.69, 9.17) is 17.3 Å². The lowest BCUT2D eigenvalue weighted by Gasteiger charge is -2.05. The average molecular weight is 448 g/mol. The molecule has 0 saturated heterocycles. The van der Waals surface area contributed by atoms with Crippen LogP contribution >= 0.6 is 22.9 Å². The maximum Gasteiger partial charge on any atom is 0.286 e. The van der Waals surface area contributed by atoms with Gasteiger partial charge in [-0.1, -0.05) is 23.7 Å². The van der Waals surface area contributed by atoms with Gasteiger partial charge in [0.2, 0.25) is 5.95 Å². The number of aromatic nitrogens is 4. The Morgan fingerprint density at radius 3 is 2.62 bits per heavy atom. The number of thiazole rings is 1. The molecule has 2 aromatic carbocycles. The Morgan fingerprint density at radius 1 is 1.10 bits per heavy atom. The van der Waals surface area contributed by atoms with Gasteiger partial charge in [-0.3, -0.25) is 0 Å². The summed E-state index contributed by atoms with van der Waals surface area (Å²) < 4.78 is 27.6. The second-order valence-corrected chi connectivity index (χ2v) is 10.0. The molecule has 150 valence electrons. The van der Waals surface area contributed by atoms with Crippen LogP contribution in [0.2, 0.25) is 5.02 Å². The van der Waals surface area contributed by atoms with Crippen LogP contribution in [-0.2, 0) is 22.9 Å². The fraction of sp³-hybridized carbons (Fsp3) is 0.211. The van der Waals surface area contributed by atoms with Crippen molar-refractivity contribution in [2.75, 3.05) is 5.73 Å². The van der Waals surface area contributed by atoms with Gasteiger partial charge in [0.25, 0.3) is 10.0 Å². The van der Waals surface area contributed by atoms with E-state index in [1.165, 1.54) is 17.4 Å². The maximum absolute atomic E-state index is 13.0. The summed E-state index contributed by atoms with van der Waals surface area (Å²) in [7, 11) is -3.93. The zero-order valence-electron chi connectivity index (χ0n) is 15.5. The highest BCUT2D eigenvalue weighted by Crippen LogP contribution is 2.26. The average Bonchev–Trinajstić information content (AvgIpc) is 3.24. The highest BCUT2D eigenvalue weighted by molar-refractivity contribution is 7.90. The maximum atomic E-state index is 13.0. The Hall–Kier alpha value is -2.49. The summed E-state index contributed by atoms with van der Waals surface area (Å²) in [5, 5.41) is 5.71. The molecular formula is C19H18ClN5O2S2. The zero-order chi connectivity index (χ0) is 20.6. The first-order chi connectivity index (χ1) is 13.8. The van der Waals surface area contributed by atoms with Gasteiger partial charge in [0.05, 0.1) is 20.1 Å². The smallest absolute Gasteiger partial charge is 0.286 e. The Labute approximate surface area is 177 Å². The largest absolute Gasteiger partial charge is 0.367 e. The number of nitrogens with zero attached hydrogens (tertiary/aromatic N) is 4. The fourth-order valence-electron chi connectivity index (χ4n) is 3.02. The van der Waals surface area contributed by atoms with E-state index < -0.39 is 10.0 Å². The molecule has 0 radical (unpaired) electrons. The van der Waals surface area contributed by atoms with Crippen LogP contribution in [0.15, 0.2) is 47.4 Å². The van der Waals surface area contributed by atoms with Crippen LogP contribution in [0.1, 0.15) is 22.8 Å². The van der Waals surface area contributed by atoms with Crippen molar-refractivity contribution in [3.8, 4) is 0 Å². The van der Waals surface area contributed by atoms with Gasteiger partial charge in [-0.15, -0.1) is 20.5 Å². The van der Waals surface area contributed by atoms with Gasteiger partial charge in [0.1, 0.15) is 0 Å². The summed E-state index contributed by atoms with van der Waals surface area (Å²) in [5.41, 5.74) is 7.77. The van der Waals surface area contributed by atoms with Crippen molar-refractivity contribution in [3.05, 3.63) is 63.9 Å². The van der Waals surface area contributed by atoms with Crippen LogP contribution in [0.4, 0.5) is 5.95 Å². The minimum Gasteiger partial charge on any atom is -0.367 e. The van der Waals surface area contributed by atoms with Gasteiger partial charge >= 0.3 is 0 Å². The lowest BCUT2D eigenvalue weighted by Crippen LogP contribution is -2.17. The van der Waals surface area contributed by atoms with Crippen LogP contribution < -0.4 is 5.73 Å². The van der Waals surface area contributed by atoms with Gasteiger partial charge in [-0.05, 0) is 55.7 Å². The molecule has 7 nitrogen and oxygen atoms in total. The molecule has 2 aromatic heterocycles. The van der Waals surface area contributed by atoms with Gasteiger partial charge < -0.3 is 5.73 Å². The number of hydrogen-bond donors (Lipinski definition) is 1. The van der Waals surface area contributed by atoms with E-state index in [-0.39, 0.29) is 10.8 Å². The van der Waals surface area contributed by atoms with Crippen LogP contribution in [0.5, 0.6) is 0 Å². The minimum atomic E-state index is -3.93. The molecule has 0 bridgehead atoms. The SMILES string of the molecule is Cc1nc2ccc(S(=O)(=O)n3nc(CCCc4ccc(Cl)cc4)nc3N)cc2s1. The van der Waals surface area contributed by atoms with E-state index in [0.29, 0.717) is 17.3 Å². The molecule has 29 heavy (non-hydrogen) atoms. The standard InChI is InChI=1S/C19H18ClN5O2S2/c1-12-22-16-10-9-15(11-17(16)28-12)29(26,27)25-19(21)23-18(24-25)4-2-3-13-5-7-14(20)8-6-13/h5-11H,2-4H2,1H3,(H2,21,23,24). The molecule has 2 heterocycles. The van der Waals surface area contributed by atoms with Gasteiger partial charge in [-0.2, -0.15) is 13.4 Å². The van der Waals surface area contributed by atoms with Crippen molar-refractivity contribution in [3.63, 3.8) is 0 Å². The molecule has 0 amide bonds. The number of fused-ring (bicyclic) bond motifs is 1. The third-order valence-corrected chi connectivity index (χ3v) is 7.18. The highest BCUT2D eigenvalue weighted by Gasteiger charge is 2.23. The van der Waals surface area contributed by atoms with E-state index >= 15 is 0 Å². The van der Waals surface area contributed by atoms with Gasteiger partial charge in [0, 0.05) is 11.4 Å². The number of hydrogen-bond acceptors (Lipinski definition) is 7. The molecule has 0 aliphatic carbocycles. The summed E-state index contributed by atoms with van der Waals surface area (Å²) >= 11 is 7.33. The quantitative estimate of drug-likeness (QED) is 0.481. The molecule has 0 aliphatic heterocycles. The van der Waals surface area contributed by atoms with Crippen LogP contribution in [-0.4, -0.2) is 27.6 Å². The molecule has 4 rings (SSSR count). The summed E-state index contributed by atoms with van der Waals surface area (Å²) in [5.74, 6) is 0.252. The molecule has 4 aromatic rings. The molecule has 10 heteroatoms. The van der Waals surface area contributed by atoms with E-state index in [9.17, 15) is 8.42 Å². The van der Waals surface area contributed by atoms with E-state index in [0.717, 1.165) is 37.7 Å². The Kier molecular flexibility index (Phi) is 5.28. The number of rotatable bonds is 6. The van der Waals surface area contributed by atoms with Gasteiger partial charge in [-0.25, -0.2) is 4.98 Å². The molecule has 0 aliphatic rings. The summed E-state index contributed by atoms with van der Waals surface area (Å²) in [6, 6.07) is 12.4.